The van der Waals surface area contributed by atoms with Gasteiger partial charge in [-0.05, 0) is 26.8 Å². The molecular weight excluding hydrogens is 268 g/mol. The van der Waals surface area contributed by atoms with E-state index < -0.39 is 29.4 Å². The maximum absolute atomic E-state index is 13.7. The molecule has 4 nitrogen and oxygen atoms in total. The van der Waals surface area contributed by atoms with Crippen LogP contribution in [-0.4, -0.2) is 18.0 Å². The summed E-state index contributed by atoms with van der Waals surface area (Å²) in [6, 6.07) is 2.05. The minimum Gasteiger partial charge on any atom is -0.444 e. The van der Waals surface area contributed by atoms with Crippen LogP contribution in [0, 0.1) is 11.6 Å². The van der Waals surface area contributed by atoms with Gasteiger partial charge in [0, 0.05) is 18.1 Å². The summed E-state index contributed by atoms with van der Waals surface area (Å²) in [5.74, 6) is -1.55. The maximum atomic E-state index is 13.7. The SMILES string of the molecule is CC(C)(C)OC(=O)N[C@H](CC=O)c1ccc(F)cc1F. The van der Waals surface area contributed by atoms with E-state index in [4.69, 9.17) is 4.74 Å². The van der Waals surface area contributed by atoms with E-state index in [1.165, 1.54) is 6.07 Å². The maximum Gasteiger partial charge on any atom is 0.408 e. The molecule has 0 radical (unpaired) electrons. The fourth-order valence-corrected chi connectivity index (χ4v) is 1.59. The second-order valence-electron chi connectivity index (χ2n) is 5.27. The molecule has 1 atom stereocenters. The lowest BCUT2D eigenvalue weighted by Gasteiger charge is -2.23. The van der Waals surface area contributed by atoms with Gasteiger partial charge in [-0.15, -0.1) is 0 Å². The number of ether oxygens (including phenoxy) is 1. The van der Waals surface area contributed by atoms with Gasteiger partial charge in [0.15, 0.2) is 0 Å². The van der Waals surface area contributed by atoms with Gasteiger partial charge >= 0.3 is 6.09 Å². The molecule has 1 aromatic rings. The molecule has 1 amide bonds. The molecule has 0 heterocycles. The molecule has 0 spiro atoms. The van der Waals surface area contributed by atoms with Crippen molar-refractivity contribution < 1.29 is 23.1 Å². The molecule has 0 bridgehead atoms. The van der Waals surface area contributed by atoms with Gasteiger partial charge in [-0.3, -0.25) is 0 Å². The molecule has 0 saturated heterocycles. The summed E-state index contributed by atoms with van der Waals surface area (Å²) >= 11 is 0. The first-order valence-electron chi connectivity index (χ1n) is 6.11. The van der Waals surface area contributed by atoms with Crippen LogP contribution in [0.3, 0.4) is 0 Å². The van der Waals surface area contributed by atoms with Gasteiger partial charge < -0.3 is 14.8 Å². The van der Waals surface area contributed by atoms with Crippen molar-refractivity contribution in [2.75, 3.05) is 0 Å². The average Bonchev–Trinajstić information content (AvgIpc) is 2.25. The highest BCUT2D eigenvalue weighted by atomic mass is 19.1. The molecule has 0 aromatic heterocycles. The van der Waals surface area contributed by atoms with Gasteiger partial charge in [0.2, 0.25) is 0 Å². The lowest BCUT2D eigenvalue weighted by Crippen LogP contribution is -2.35. The number of nitrogens with one attached hydrogen (secondary N) is 1. The summed E-state index contributed by atoms with van der Waals surface area (Å²) < 4.78 is 31.6. The zero-order valence-electron chi connectivity index (χ0n) is 11.6. The molecule has 110 valence electrons. The summed E-state index contributed by atoms with van der Waals surface area (Å²) in [6.07, 6.45) is -0.361. The zero-order chi connectivity index (χ0) is 15.3. The minimum atomic E-state index is -0.900. The Labute approximate surface area is 116 Å². The van der Waals surface area contributed by atoms with Crippen LogP contribution in [0.4, 0.5) is 13.6 Å². The number of hydrogen-bond acceptors (Lipinski definition) is 3. The molecule has 0 unspecified atom stereocenters. The molecule has 20 heavy (non-hydrogen) atoms. The quantitative estimate of drug-likeness (QED) is 0.865. The molecule has 0 aliphatic heterocycles. The zero-order valence-corrected chi connectivity index (χ0v) is 11.6. The molecular formula is C14H17F2NO3. The third-order valence-corrected chi connectivity index (χ3v) is 2.36. The highest BCUT2D eigenvalue weighted by Crippen LogP contribution is 2.21. The van der Waals surface area contributed by atoms with Gasteiger partial charge in [0.05, 0.1) is 6.04 Å². The Kier molecular flexibility index (Phi) is 5.19. The van der Waals surface area contributed by atoms with Gasteiger partial charge in [-0.25, -0.2) is 13.6 Å². The highest BCUT2D eigenvalue weighted by Gasteiger charge is 2.22. The fraction of sp³-hybridized carbons (Fsp3) is 0.429. The Morgan fingerprint density at radius 2 is 2.05 bits per heavy atom. The number of benzene rings is 1. The van der Waals surface area contributed by atoms with E-state index >= 15 is 0 Å². The van der Waals surface area contributed by atoms with Crippen LogP contribution in [0.2, 0.25) is 0 Å². The van der Waals surface area contributed by atoms with Crippen molar-refractivity contribution >= 4 is 12.4 Å². The number of amides is 1. The molecule has 0 saturated carbocycles. The summed E-state index contributed by atoms with van der Waals surface area (Å²) in [5.41, 5.74) is -0.679. The van der Waals surface area contributed by atoms with E-state index in [0.29, 0.717) is 12.4 Å². The molecule has 0 aliphatic carbocycles. The highest BCUT2D eigenvalue weighted by molar-refractivity contribution is 5.69. The lowest BCUT2D eigenvalue weighted by atomic mass is 10.0. The Morgan fingerprint density at radius 3 is 2.55 bits per heavy atom. The molecule has 1 N–H and O–H groups in total. The second kappa shape index (κ2) is 6.45. The van der Waals surface area contributed by atoms with Crippen LogP contribution in [0.1, 0.15) is 38.8 Å². The van der Waals surface area contributed by atoms with Crippen LogP contribution < -0.4 is 5.32 Å². The molecule has 0 aliphatic rings. The van der Waals surface area contributed by atoms with E-state index in [1.54, 1.807) is 20.8 Å². The monoisotopic (exact) mass is 285 g/mol. The summed E-state index contributed by atoms with van der Waals surface area (Å²) in [5, 5.41) is 2.40. The van der Waals surface area contributed by atoms with Gasteiger partial charge in [-0.2, -0.15) is 0 Å². The largest absolute Gasteiger partial charge is 0.444 e. The van der Waals surface area contributed by atoms with E-state index in [-0.39, 0.29) is 12.0 Å². The third-order valence-electron chi connectivity index (χ3n) is 2.36. The molecule has 1 aromatic carbocycles. The van der Waals surface area contributed by atoms with E-state index in [0.717, 1.165) is 6.07 Å². The number of halogens is 2. The smallest absolute Gasteiger partial charge is 0.408 e. The van der Waals surface area contributed by atoms with Crippen molar-refractivity contribution in [2.45, 2.75) is 38.8 Å². The Hall–Kier alpha value is -1.98. The number of carbonyl (C=O) groups excluding carboxylic acids is 2. The van der Waals surface area contributed by atoms with E-state index in [9.17, 15) is 18.4 Å². The van der Waals surface area contributed by atoms with Crippen LogP contribution in [0.25, 0.3) is 0 Å². The predicted octanol–water partition coefficient (Wildman–Crippen LogP) is 3.12. The predicted molar refractivity (Wildman–Crippen MR) is 69.1 cm³/mol. The summed E-state index contributed by atoms with van der Waals surface area (Å²) in [6.45, 7) is 5.04. The number of alkyl carbamates (subject to hydrolysis) is 1. The minimum absolute atomic E-state index is 0.0318. The number of aldehydes is 1. The van der Waals surface area contributed by atoms with Crippen LogP contribution in [-0.2, 0) is 9.53 Å². The van der Waals surface area contributed by atoms with Crippen molar-refractivity contribution in [3.8, 4) is 0 Å². The standard InChI is InChI=1S/C14H17F2NO3/c1-14(2,3)20-13(19)17-12(6-7-18)10-5-4-9(15)8-11(10)16/h4-5,7-8,12H,6H2,1-3H3,(H,17,19)/t12-/m1/s1. The van der Waals surface area contributed by atoms with E-state index in [2.05, 4.69) is 5.32 Å². The first-order valence-corrected chi connectivity index (χ1v) is 6.11. The lowest BCUT2D eigenvalue weighted by molar-refractivity contribution is -0.108. The van der Waals surface area contributed by atoms with Crippen molar-refractivity contribution in [3.05, 3.63) is 35.4 Å². The van der Waals surface area contributed by atoms with Gasteiger partial charge in [-0.1, -0.05) is 6.07 Å². The molecule has 1 rings (SSSR count). The normalized spacial score (nSPS) is 12.7. The van der Waals surface area contributed by atoms with Crippen molar-refractivity contribution in [3.63, 3.8) is 0 Å². The number of hydrogen-bond donors (Lipinski definition) is 1. The van der Waals surface area contributed by atoms with Crippen LogP contribution >= 0.6 is 0 Å². The first-order chi connectivity index (χ1) is 9.23. The summed E-state index contributed by atoms with van der Waals surface area (Å²) in [4.78, 5) is 22.3. The Bertz CT molecular complexity index is 498. The first kappa shape index (κ1) is 16.1. The van der Waals surface area contributed by atoms with Crippen molar-refractivity contribution in [2.24, 2.45) is 0 Å². The topological polar surface area (TPSA) is 55.4 Å². The van der Waals surface area contributed by atoms with Gasteiger partial charge in [0.25, 0.3) is 0 Å². The Morgan fingerprint density at radius 1 is 1.40 bits per heavy atom. The van der Waals surface area contributed by atoms with Crippen molar-refractivity contribution in [1.82, 2.24) is 5.32 Å². The third kappa shape index (κ3) is 4.95. The average molecular weight is 285 g/mol. The van der Waals surface area contributed by atoms with E-state index in [1.807, 2.05) is 0 Å². The number of rotatable bonds is 4. The van der Waals surface area contributed by atoms with Crippen LogP contribution in [0.15, 0.2) is 18.2 Å². The fourth-order valence-electron chi connectivity index (χ4n) is 1.59. The number of carbonyl (C=O) groups is 2. The Balaban J connectivity index is 2.89. The molecule has 6 heteroatoms. The van der Waals surface area contributed by atoms with Gasteiger partial charge in [0.1, 0.15) is 23.5 Å². The second-order valence-corrected chi connectivity index (χ2v) is 5.27. The van der Waals surface area contributed by atoms with Crippen molar-refractivity contribution in [1.29, 1.82) is 0 Å². The molecule has 0 fully saturated rings. The van der Waals surface area contributed by atoms with Crippen LogP contribution in [0.5, 0.6) is 0 Å². The summed E-state index contributed by atoms with van der Waals surface area (Å²) in [7, 11) is 0.